The molecule has 2 fully saturated rings. The van der Waals surface area contributed by atoms with E-state index in [0.29, 0.717) is 12.8 Å². The highest BCUT2D eigenvalue weighted by Crippen LogP contribution is 2.30. The molecule has 0 radical (unpaired) electrons. The van der Waals surface area contributed by atoms with E-state index in [2.05, 4.69) is 92.1 Å². The van der Waals surface area contributed by atoms with Crippen molar-refractivity contribution >= 4 is 5.91 Å². The second-order valence-corrected chi connectivity index (χ2v) is 27.1. The lowest BCUT2D eigenvalue weighted by molar-refractivity contribution is -0.359. The summed E-state index contributed by atoms with van der Waals surface area (Å²) in [6.07, 6.45) is 72.3. The molecular formula is C80H143NO13. The van der Waals surface area contributed by atoms with Gasteiger partial charge in [-0.15, -0.1) is 0 Å². The molecule has 1 amide bonds. The molecule has 14 heteroatoms. The van der Waals surface area contributed by atoms with Crippen molar-refractivity contribution in [3.05, 3.63) is 85.1 Å². The van der Waals surface area contributed by atoms with Gasteiger partial charge in [0.2, 0.25) is 5.91 Å². The van der Waals surface area contributed by atoms with E-state index in [1.165, 1.54) is 218 Å². The summed E-state index contributed by atoms with van der Waals surface area (Å²) in [5.41, 5.74) is 0. The molecule has 0 aromatic carbocycles. The van der Waals surface area contributed by atoms with Crippen LogP contribution in [0.3, 0.4) is 0 Å². The van der Waals surface area contributed by atoms with E-state index in [0.717, 1.165) is 70.6 Å². The van der Waals surface area contributed by atoms with Crippen LogP contribution in [0.5, 0.6) is 0 Å². The van der Waals surface area contributed by atoms with Crippen LogP contribution in [0, 0.1) is 0 Å². The minimum atomic E-state index is -1.80. The van der Waals surface area contributed by atoms with Gasteiger partial charge < -0.3 is 65.1 Å². The topological polar surface area (TPSA) is 228 Å². The molecule has 2 saturated heterocycles. The third-order valence-electron chi connectivity index (χ3n) is 18.5. The van der Waals surface area contributed by atoms with Gasteiger partial charge >= 0.3 is 0 Å². The van der Waals surface area contributed by atoms with Crippen LogP contribution in [0.25, 0.3) is 0 Å². The van der Waals surface area contributed by atoms with Gasteiger partial charge in [-0.25, -0.2) is 0 Å². The van der Waals surface area contributed by atoms with E-state index in [-0.39, 0.29) is 18.9 Å². The Morgan fingerprint density at radius 3 is 1.17 bits per heavy atom. The lowest BCUT2D eigenvalue weighted by Crippen LogP contribution is -2.65. The van der Waals surface area contributed by atoms with Crippen molar-refractivity contribution in [2.75, 3.05) is 19.8 Å². The number of allylic oxidation sites excluding steroid dienone is 13. The van der Waals surface area contributed by atoms with Crippen LogP contribution >= 0.6 is 0 Å². The molecule has 2 rings (SSSR count). The maximum absolute atomic E-state index is 13.4. The number of unbranched alkanes of at least 4 members (excludes halogenated alkanes) is 39. The first kappa shape index (κ1) is 87.3. The maximum atomic E-state index is 13.4. The van der Waals surface area contributed by atoms with Crippen LogP contribution in [0.1, 0.15) is 322 Å². The molecule has 546 valence electrons. The summed E-state index contributed by atoms with van der Waals surface area (Å²) in [6, 6.07) is -0.943. The van der Waals surface area contributed by atoms with Crippen molar-refractivity contribution < 1.29 is 64.6 Å². The van der Waals surface area contributed by atoms with Crippen LogP contribution in [-0.2, 0) is 23.7 Å². The summed E-state index contributed by atoms with van der Waals surface area (Å²) in [5.74, 6) is -0.251. The first-order valence-corrected chi connectivity index (χ1v) is 38.8. The van der Waals surface area contributed by atoms with Crippen molar-refractivity contribution in [2.45, 2.75) is 396 Å². The summed E-state index contributed by atoms with van der Waals surface area (Å²) in [7, 11) is 0. The Kier molecular flexibility index (Phi) is 59.0. The summed E-state index contributed by atoms with van der Waals surface area (Å²) in [5, 5.41) is 87.6. The SMILES string of the molecule is CC/C=C\C/C=C\C/C=C\C/C=C\CCCCCCCCCCCCCCCCCCCCC(=O)NC(COC1OC(CO)C(OC2OC(CO)C(O)C(O)C2O)C(O)C1O)C(O)/C=C/CC/C=C/CC/C=C/CCCCCCCCCCCCCCCCCCCCC. The first-order valence-electron chi connectivity index (χ1n) is 38.8. The number of hydrogen-bond acceptors (Lipinski definition) is 13. The van der Waals surface area contributed by atoms with E-state index in [4.69, 9.17) is 18.9 Å². The van der Waals surface area contributed by atoms with Crippen LogP contribution in [0.2, 0.25) is 0 Å². The number of rotatable bonds is 64. The van der Waals surface area contributed by atoms with Gasteiger partial charge in [-0.1, -0.05) is 317 Å². The largest absolute Gasteiger partial charge is 0.394 e. The van der Waals surface area contributed by atoms with Gasteiger partial charge in [0.05, 0.1) is 32.0 Å². The highest BCUT2D eigenvalue weighted by molar-refractivity contribution is 5.76. The number of nitrogens with one attached hydrogen (secondary N) is 1. The quantitative estimate of drug-likeness (QED) is 0.0204. The molecule has 0 spiro atoms. The van der Waals surface area contributed by atoms with Crippen LogP contribution in [-0.4, -0.2) is 140 Å². The Labute approximate surface area is 573 Å². The van der Waals surface area contributed by atoms with Gasteiger partial charge in [0.1, 0.15) is 48.8 Å². The summed E-state index contributed by atoms with van der Waals surface area (Å²) < 4.78 is 22.9. The molecule has 9 N–H and O–H groups in total. The molecule has 94 heavy (non-hydrogen) atoms. The fraction of sp³-hybridized carbons (Fsp3) is 0.812. The Hall–Kier alpha value is -2.83. The molecule has 0 bridgehead atoms. The Morgan fingerprint density at radius 1 is 0.394 bits per heavy atom. The highest BCUT2D eigenvalue weighted by Gasteiger charge is 2.51. The van der Waals surface area contributed by atoms with E-state index in [1.54, 1.807) is 6.08 Å². The van der Waals surface area contributed by atoms with Gasteiger partial charge in [0, 0.05) is 6.42 Å². The van der Waals surface area contributed by atoms with Crippen molar-refractivity contribution in [3.63, 3.8) is 0 Å². The molecule has 12 unspecified atom stereocenters. The molecule has 0 saturated carbocycles. The average molecular weight is 1330 g/mol. The van der Waals surface area contributed by atoms with Crippen molar-refractivity contribution in [1.29, 1.82) is 0 Å². The minimum Gasteiger partial charge on any atom is -0.394 e. The van der Waals surface area contributed by atoms with Crippen LogP contribution in [0.4, 0.5) is 0 Å². The number of carbonyl (C=O) groups excluding carboxylic acids is 1. The number of aliphatic hydroxyl groups excluding tert-OH is 8. The number of amides is 1. The fourth-order valence-corrected chi connectivity index (χ4v) is 12.4. The minimum absolute atomic E-state index is 0.251. The number of aliphatic hydroxyl groups is 8. The molecule has 2 aliphatic rings. The monoisotopic (exact) mass is 1330 g/mol. The third-order valence-corrected chi connectivity index (χ3v) is 18.5. The molecule has 2 aliphatic heterocycles. The molecule has 0 aliphatic carbocycles. The molecule has 0 aromatic heterocycles. The van der Waals surface area contributed by atoms with E-state index in [9.17, 15) is 45.6 Å². The predicted octanol–water partition coefficient (Wildman–Crippen LogP) is 17.1. The standard InChI is InChI=1S/C80H143NO13/c1-3-5-7-9-11-13-15-17-19-21-23-25-27-29-31-33-34-36-38-40-42-44-46-48-50-52-54-56-58-60-62-64-72(85)81-68(67-91-79-77(90)75(88)78(71(66-83)93-79)94-80-76(89)74(87)73(86)70(65-82)92-80)69(84)63-61-59-57-55-53-51-49-47-45-43-41-39-37-35-32-30-28-26-24-22-20-18-16-14-12-10-8-6-4-2/h5,7,11,13,17,19,23,25,45,47,53,55,61,63,68-71,73-80,82-84,86-90H,3-4,6,8-10,12,14-16,18,20-22,24,26-44,46,48-52,54,56-60,62,64-67H2,1-2H3,(H,81,85)/b7-5-,13-11-,19-17-,25-23-,47-45+,55-53+,63-61+. The smallest absolute Gasteiger partial charge is 0.220 e. The molecule has 14 nitrogen and oxygen atoms in total. The Balaban J connectivity index is 1.66. The first-order chi connectivity index (χ1) is 46.1. The zero-order valence-electron chi connectivity index (χ0n) is 59.7. The molecular weight excluding hydrogens is 1180 g/mol. The highest BCUT2D eigenvalue weighted by atomic mass is 16.7. The zero-order valence-corrected chi connectivity index (χ0v) is 59.7. The number of carbonyl (C=O) groups is 1. The second kappa shape index (κ2) is 63.6. The predicted molar refractivity (Wildman–Crippen MR) is 387 cm³/mol. The molecule has 12 atom stereocenters. The average Bonchev–Trinajstić information content (AvgIpc) is 0.794. The normalized spacial score (nSPS) is 22.9. The maximum Gasteiger partial charge on any atom is 0.220 e. The van der Waals surface area contributed by atoms with Gasteiger partial charge in [0.25, 0.3) is 0 Å². The van der Waals surface area contributed by atoms with Gasteiger partial charge in [-0.05, 0) is 83.5 Å². The molecule has 2 heterocycles. The Bertz CT molecular complexity index is 1900. The van der Waals surface area contributed by atoms with Crippen molar-refractivity contribution in [2.24, 2.45) is 0 Å². The lowest BCUT2D eigenvalue weighted by atomic mass is 9.97. The number of ether oxygens (including phenoxy) is 4. The van der Waals surface area contributed by atoms with Gasteiger partial charge in [0.15, 0.2) is 12.6 Å². The number of hydrogen-bond donors (Lipinski definition) is 9. The van der Waals surface area contributed by atoms with Crippen molar-refractivity contribution in [1.82, 2.24) is 5.32 Å². The van der Waals surface area contributed by atoms with Crippen LogP contribution < -0.4 is 5.32 Å². The summed E-state index contributed by atoms with van der Waals surface area (Å²) in [4.78, 5) is 13.4. The Morgan fingerprint density at radius 2 is 0.745 bits per heavy atom. The van der Waals surface area contributed by atoms with E-state index < -0.39 is 86.8 Å². The van der Waals surface area contributed by atoms with E-state index in [1.807, 2.05) is 6.08 Å². The lowest BCUT2D eigenvalue weighted by Gasteiger charge is -2.46. The third kappa shape index (κ3) is 46.4. The van der Waals surface area contributed by atoms with Gasteiger partial charge in [-0.3, -0.25) is 4.79 Å². The van der Waals surface area contributed by atoms with E-state index >= 15 is 0 Å². The van der Waals surface area contributed by atoms with Crippen LogP contribution in [0.15, 0.2) is 85.1 Å². The van der Waals surface area contributed by atoms with Gasteiger partial charge in [-0.2, -0.15) is 0 Å². The van der Waals surface area contributed by atoms with Crippen molar-refractivity contribution in [3.8, 4) is 0 Å². The summed E-state index contributed by atoms with van der Waals surface area (Å²) >= 11 is 0. The molecule has 0 aromatic rings. The fourth-order valence-electron chi connectivity index (χ4n) is 12.4. The summed E-state index contributed by atoms with van der Waals surface area (Å²) in [6.45, 7) is 2.70. The second-order valence-electron chi connectivity index (χ2n) is 27.1. The zero-order chi connectivity index (χ0) is 68.0.